The standard InChI is InChI=1S/C23H22O3S/c1-25-21-14-13-19(15-22(21)26-2)27-23(18-11-7-4-8-12-18)16-20(24)17-9-5-3-6-10-17/h3-15,23H,16H2,1-2H3/t23-/m1/s1. The monoisotopic (exact) mass is 378 g/mol. The maximum Gasteiger partial charge on any atom is 0.164 e. The molecule has 0 aliphatic carbocycles. The van der Waals surface area contributed by atoms with E-state index in [1.165, 1.54) is 0 Å². The van der Waals surface area contributed by atoms with E-state index < -0.39 is 0 Å². The molecule has 4 heteroatoms. The maximum absolute atomic E-state index is 12.8. The second-order valence-corrected chi connectivity index (χ2v) is 7.30. The molecule has 0 aliphatic rings. The molecule has 0 aliphatic heterocycles. The Kier molecular flexibility index (Phi) is 6.55. The van der Waals surface area contributed by atoms with E-state index in [1.807, 2.05) is 66.7 Å². The van der Waals surface area contributed by atoms with Crippen LogP contribution in [0.2, 0.25) is 0 Å². The van der Waals surface area contributed by atoms with Crippen molar-refractivity contribution in [2.24, 2.45) is 0 Å². The highest BCUT2D eigenvalue weighted by Gasteiger charge is 2.19. The van der Waals surface area contributed by atoms with Crippen molar-refractivity contribution in [1.29, 1.82) is 0 Å². The molecule has 0 amide bonds. The molecule has 3 aromatic carbocycles. The first-order chi connectivity index (χ1) is 13.2. The van der Waals surface area contributed by atoms with Crippen LogP contribution in [0.5, 0.6) is 11.5 Å². The minimum atomic E-state index is 0.0111. The normalized spacial score (nSPS) is 11.6. The molecule has 0 radical (unpaired) electrons. The van der Waals surface area contributed by atoms with Crippen molar-refractivity contribution in [2.45, 2.75) is 16.6 Å². The molecule has 138 valence electrons. The zero-order valence-corrected chi connectivity index (χ0v) is 16.2. The summed E-state index contributed by atoms with van der Waals surface area (Å²) in [5.41, 5.74) is 1.87. The summed E-state index contributed by atoms with van der Waals surface area (Å²) < 4.78 is 10.7. The van der Waals surface area contributed by atoms with Crippen LogP contribution in [0.1, 0.15) is 27.6 Å². The third-order valence-corrected chi connectivity index (χ3v) is 5.52. The number of thioether (sulfide) groups is 1. The number of ketones is 1. The number of methoxy groups -OCH3 is 2. The first-order valence-electron chi connectivity index (χ1n) is 8.73. The van der Waals surface area contributed by atoms with Gasteiger partial charge in [0.15, 0.2) is 17.3 Å². The smallest absolute Gasteiger partial charge is 0.164 e. The number of carbonyl (C=O) groups excluding carboxylic acids is 1. The fourth-order valence-electron chi connectivity index (χ4n) is 2.86. The Bertz CT molecular complexity index is 879. The van der Waals surface area contributed by atoms with Crippen molar-refractivity contribution in [3.63, 3.8) is 0 Å². The molecule has 0 aromatic heterocycles. The summed E-state index contributed by atoms with van der Waals surface area (Å²) in [6.45, 7) is 0. The van der Waals surface area contributed by atoms with Gasteiger partial charge in [-0.25, -0.2) is 0 Å². The van der Waals surface area contributed by atoms with Gasteiger partial charge in [-0.2, -0.15) is 0 Å². The lowest BCUT2D eigenvalue weighted by Gasteiger charge is -2.18. The molecule has 0 N–H and O–H groups in total. The van der Waals surface area contributed by atoms with Crippen molar-refractivity contribution in [3.05, 3.63) is 90.0 Å². The average molecular weight is 378 g/mol. The summed E-state index contributed by atoms with van der Waals surface area (Å²) in [5.74, 6) is 1.51. The van der Waals surface area contributed by atoms with Gasteiger partial charge in [0.1, 0.15) is 0 Å². The van der Waals surface area contributed by atoms with Gasteiger partial charge in [0.2, 0.25) is 0 Å². The van der Waals surface area contributed by atoms with Crippen LogP contribution in [-0.2, 0) is 0 Å². The predicted molar refractivity (Wildman–Crippen MR) is 110 cm³/mol. The number of Topliss-reactive ketones (excluding diaryl/α,β-unsaturated/α-hetero) is 1. The molecule has 0 saturated heterocycles. The SMILES string of the molecule is COc1ccc(S[C@H](CC(=O)c2ccccc2)c2ccccc2)cc1OC. The lowest BCUT2D eigenvalue weighted by Crippen LogP contribution is -2.05. The van der Waals surface area contributed by atoms with Gasteiger partial charge in [-0.15, -0.1) is 11.8 Å². The van der Waals surface area contributed by atoms with Gasteiger partial charge in [0, 0.05) is 22.1 Å². The lowest BCUT2D eigenvalue weighted by molar-refractivity contribution is 0.0982. The van der Waals surface area contributed by atoms with Crippen molar-refractivity contribution < 1.29 is 14.3 Å². The summed E-state index contributed by atoms with van der Waals surface area (Å²) >= 11 is 1.66. The maximum atomic E-state index is 12.8. The van der Waals surface area contributed by atoms with Crippen molar-refractivity contribution in [1.82, 2.24) is 0 Å². The Balaban J connectivity index is 1.86. The van der Waals surface area contributed by atoms with Crippen LogP contribution in [0.15, 0.2) is 83.8 Å². The second kappa shape index (κ2) is 9.28. The third kappa shape index (κ3) is 4.92. The fraction of sp³-hybridized carbons (Fsp3) is 0.174. The van der Waals surface area contributed by atoms with Crippen LogP contribution in [0, 0.1) is 0 Å². The first-order valence-corrected chi connectivity index (χ1v) is 9.61. The van der Waals surface area contributed by atoms with E-state index in [9.17, 15) is 4.79 Å². The Morgan fingerprint density at radius 1 is 0.852 bits per heavy atom. The van der Waals surface area contributed by atoms with Crippen LogP contribution >= 0.6 is 11.8 Å². The van der Waals surface area contributed by atoms with E-state index in [-0.39, 0.29) is 11.0 Å². The minimum absolute atomic E-state index is 0.0111. The number of benzene rings is 3. The van der Waals surface area contributed by atoms with Crippen molar-refractivity contribution in [3.8, 4) is 11.5 Å². The van der Waals surface area contributed by atoms with Gasteiger partial charge in [0.05, 0.1) is 14.2 Å². The van der Waals surface area contributed by atoms with E-state index in [0.29, 0.717) is 17.9 Å². The lowest BCUT2D eigenvalue weighted by atomic mass is 10.0. The molecule has 27 heavy (non-hydrogen) atoms. The minimum Gasteiger partial charge on any atom is -0.493 e. The zero-order chi connectivity index (χ0) is 19.1. The number of rotatable bonds is 8. The van der Waals surface area contributed by atoms with Crippen LogP contribution in [0.3, 0.4) is 0 Å². The molecule has 0 fully saturated rings. The largest absolute Gasteiger partial charge is 0.493 e. The van der Waals surface area contributed by atoms with E-state index in [4.69, 9.17) is 9.47 Å². The summed E-state index contributed by atoms with van der Waals surface area (Å²) in [4.78, 5) is 13.8. The van der Waals surface area contributed by atoms with Crippen molar-refractivity contribution in [2.75, 3.05) is 14.2 Å². The first kappa shape index (κ1) is 19.1. The van der Waals surface area contributed by atoms with Crippen LogP contribution in [0.25, 0.3) is 0 Å². The van der Waals surface area contributed by atoms with E-state index >= 15 is 0 Å². The molecule has 0 saturated carbocycles. The molecule has 1 atom stereocenters. The summed E-state index contributed by atoms with van der Waals surface area (Å²) in [5, 5.41) is 0.0111. The molecule has 3 aromatic rings. The highest BCUT2D eigenvalue weighted by atomic mass is 32.2. The molecular weight excluding hydrogens is 356 g/mol. The molecule has 0 heterocycles. The summed E-state index contributed by atoms with van der Waals surface area (Å²) in [6.07, 6.45) is 0.424. The molecule has 3 nitrogen and oxygen atoms in total. The number of ether oxygens (including phenoxy) is 2. The molecule has 0 bridgehead atoms. The van der Waals surface area contributed by atoms with E-state index in [1.54, 1.807) is 26.0 Å². The Morgan fingerprint density at radius 2 is 1.48 bits per heavy atom. The van der Waals surface area contributed by atoms with Crippen molar-refractivity contribution >= 4 is 17.5 Å². The van der Waals surface area contributed by atoms with Crippen LogP contribution < -0.4 is 9.47 Å². The average Bonchev–Trinajstić information content (AvgIpc) is 2.74. The molecule has 0 unspecified atom stereocenters. The quantitative estimate of drug-likeness (QED) is 0.366. The molecule has 0 spiro atoms. The van der Waals surface area contributed by atoms with E-state index in [0.717, 1.165) is 16.0 Å². The summed E-state index contributed by atoms with van der Waals surface area (Å²) in [7, 11) is 3.25. The highest BCUT2D eigenvalue weighted by molar-refractivity contribution is 7.99. The third-order valence-electron chi connectivity index (χ3n) is 4.27. The highest BCUT2D eigenvalue weighted by Crippen LogP contribution is 2.41. The summed E-state index contributed by atoms with van der Waals surface area (Å²) in [6, 6.07) is 25.4. The number of hydrogen-bond donors (Lipinski definition) is 0. The predicted octanol–water partition coefficient (Wildman–Crippen LogP) is 5.81. The van der Waals surface area contributed by atoms with Gasteiger partial charge in [0.25, 0.3) is 0 Å². The number of carbonyl (C=O) groups is 1. The van der Waals surface area contributed by atoms with Crippen LogP contribution in [-0.4, -0.2) is 20.0 Å². The van der Waals surface area contributed by atoms with Gasteiger partial charge in [-0.3, -0.25) is 4.79 Å². The van der Waals surface area contributed by atoms with E-state index in [2.05, 4.69) is 12.1 Å². The Hall–Kier alpha value is -2.72. The zero-order valence-electron chi connectivity index (χ0n) is 15.4. The topological polar surface area (TPSA) is 35.5 Å². The fourth-order valence-corrected chi connectivity index (χ4v) is 4.04. The Labute approximate surface area is 164 Å². The molecular formula is C23H22O3S. The van der Waals surface area contributed by atoms with Gasteiger partial charge in [-0.1, -0.05) is 60.7 Å². The second-order valence-electron chi connectivity index (χ2n) is 6.03. The Morgan fingerprint density at radius 3 is 2.11 bits per heavy atom. The molecule has 3 rings (SSSR count). The van der Waals surface area contributed by atoms with Gasteiger partial charge < -0.3 is 9.47 Å². The van der Waals surface area contributed by atoms with Gasteiger partial charge >= 0.3 is 0 Å². The van der Waals surface area contributed by atoms with Gasteiger partial charge in [-0.05, 0) is 23.8 Å². The van der Waals surface area contributed by atoms with Crippen LogP contribution in [0.4, 0.5) is 0 Å². The number of hydrogen-bond acceptors (Lipinski definition) is 4.